The van der Waals surface area contributed by atoms with Gasteiger partial charge in [0.25, 0.3) is 0 Å². The number of pyridine rings is 2. The van der Waals surface area contributed by atoms with Crippen LogP contribution in [0.4, 0.5) is 13.2 Å². The lowest BCUT2D eigenvalue weighted by molar-refractivity contribution is -0.337. The van der Waals surface area contributed by atoms with Gasteiger partial charge in [-0.1, -0.05) is 0 Å². The Kier molecular flexibility index (Phi) is 4.63. The number of alkyl halides is 3. The van der Waals surface area contributed by atoms with E-state index in [4.69, 9.17) is 19.7 Å². The lowest BCUT2D eigenvalue weighted by Gasteiger charge is -2.70. The summed E-state index contributed by atoms with van der Waals surface area (Å²) in [6, 6.07) is 6.02. The SMILES string of the molecule is Cc1cc([C@@H]2C[C@H](c3cc4nc(C)c(C)nc4c(C45CC(C(F)(F)F)(C4)C5)n3)CCO2)ccn1. The van der Waals surface area contributed by atoms with E-state index in [1.165, 1.54) is 0 Å². The monoisotopic (exact) mass is 468 g/mol. The fraction of sp³-hybridized carbons (Fsp3) is 0.538. The molecule has 3 aromatic rings. The van der Waals surface area contributed by atoms with E-state index in [9.17, 15) is 13.2 Å². The molecular formula is C26H27F3N4O. The highest BCUT2D eigenvalue weighted by molar-refractivity contribution is 5.79. The number of hydrogen-bond donors (Lipinski definition) is 0. The molecule has 0 radical (unpaired) electrons. The maximum atomic E-state index is 13.6. The largest absolute Gasteiger partial charge is 0.394 e. The number of rotatable bonds is 3. The van der Waals surface area contributed by atoms with Crippen molar-refractivity contribution in [2.24, 2.45) is 5.41 Å². The summed E-state index contributed by atoms with van der Waals surface area (Å²) in [5.41, 5.74) is 4.59. The average Bonchev–Trinajstić information content (AvgIpc) is 2.72. The predicted molar refractivity (Wildman–Crippen MR) is 120 cm³/mol. The van der Waals surface area contributed by atoms with Gasteiger partial charge in [-0.25, -0.2) is 9.97 Å². The van der Waals surface area contributed by atoms with E-state index < -0.39 is 17.0 Å². The number of nitrogens with zero attached hydrogens (tertiary/aromatic N) is 4. The summed E-state index contributed by atoms with van der Waals surface area (Å²) < 4.78 is 46.8. The number of hydrogen-bond acceptors (Lipinski definition) is 5. The summed E-state index contributed by atoms with van der Waals surface area (Å²) >= 11 is 0. The summed E-state index contributed by atoms with van der Waals surface area (Å²) in [5, 5.41) is 0. The van der Waals surface area contributed by atoms with E-state index >= 15 is 0 Å². The molecule has 3 saturated carbocycles. The third-order valence-corrected chi connectivity index (χ3v) is 8.21. The molecule has 3 aliphatic carbocycles. The van der Waals surface area contributed by atoms with Crippen molar-refractivity contribution < 1.29 is 17.9 Å². The Balaban J connectivity index is 1.39. The van der Waals surface area contributed by atoms with Crippen LogP contribution in [0.25, 0.3) is 11.0 Å². The lowest BCUT2D eigenvalue weighted by Crippen LogP contribution is -2.70. The minimum Gasteiger partial charge on any atom is -0.373 e. The topological polar surface area (TPSA) is 60.8 Å². The number of aryl methyl sites for hydroxylation is 3. The molecule has 8 heteroatoms. The van der Waals surface area contributed by atoms with Gasteiger partial charge in [-0.15, -0.1) is 0 Å². The highest BCUT2D eigenvalue weighted by Gasteiger charge is 2.79. The number of fused-ring (bicyclic) bond motifs is 1. The molecule has 0 N–H and O–H groups in total. The average molecular weight is 469 g/mol. The van der Waals surface area contributed by atoms with Gasteiger partial charge in [0.05, 0.1) is 34.1 Å². The first-order valence-electron chi connectivity index (χ1n) is 11.9. The second-order valence-corrected chi connectivity index (χ2v) is 10.6. The van der Waals surface area contributed by atoms with Gasteiger partial charge in [-0.3, -0.25) is 9.97 Å². The number of ether oxygens (including phenoxy) is 1. The Morgan fingerprint density at radius 3 is 2.44 bits per heavy atom. The maximum absolute atomic E-state index is 13.6. The van der Waals surface area contributed by atoms with Crippen molar-refractivity contribution in [3.05, 3.63) is 58.4 Å². The van der Waals surface area contributed by atoms with Crippen LogP contribution in [0, 0.1) is 26.2 Å². The Morgan fingerprint density at radius 1 is 1.00 bits per heavy atom. The molecule has 1 saturated heterocycles. The minimum atomic E-state index is -4.16. The van der Waals surface area contributed by atoms with Gasteiger partial charge in [-0.2, -0.15) is 13.2 Å². The van der Waals surface area contributed by atoms with Gasteiger partial charge < -0.3 is 4.74 Å². The fourth-order valence-corrected chi connectivity index (χ4v) is 6.23. The Hall–Kier alpha value is -2.61. The van der Waals surface area contributed by atoms with Crippen LogP contribution in [0.3, 0.4) is 0 Å². The summed E-state index contributed by atoms with van der Waals surface area (Å²) in [5.74, 6) is 0.141. The van der Waals surface area contributed by atoms with Crippen LogP contribution in [-0.2, 0) is 10.2 Å². The van der Waals surface area contributed by atoms with Crippen molar-refractivity contribution in [2.45, 2.75) is 76.5 Å². The summed E-state index contributed by atoms with van der Waals surface area (Å²) in [6.07, 6.45) is -0.518. The molecule has 4 fully saturated rings. The first kappa shape index (κ1) is 21.9. The standard InChI is InChI=1S/C26H27F3N4O/c1-14-8-18(4-6-30-14)21-9-17(5-7-34-21)19-10-20-22(32-16(3)15(2)31-20)23(33-19)24-11-25(12-24,13-24)26(27,28)29/h4,6,8,10,17,21H,5,7,9,11-13H2,1-3H3/t17-,21+,24?,25?/m1/s1. The summed E-state index contributed by atoms with van der Waals surface area (Å²) in [4.78, 5) is 18.9. The van der Waals surface area contributed by atoms with E-state index in [-0.39, 0.29) is 31.3 Å². The zero-order chi connectivity index (χ0) is 23.9. The number of aromatic nitrogens is 4. The zero-order valence-corrected chi connectivity index (χ0v) is 19.5. The quantitative estimate of drug-likeness (QED) is 0.474. The van der Waals surface area contributed by atoms with Gasteiger partial charge in [-0.05, 0) is 76.6 Å². The third-order valence-electron chi connectivity index (χ3n) is 8.21. The first-order valence-corrected chi connectivity index (χ1v) is 11.9. The van der Waals surface area contributed by atoms with Crippen LogP contribution in [0.15, 0.2) is 24.4 Å². The second-order valence-electron chi connectivity index (χ2n) is 10.6. The number of halogens is 3. The van der Waals surface area contributed by atoms with Gasteiger partial charge in [0.15, 0.2) is 0 Å². The molecule has 2 bridgehead atoms. The van der Waals surface area contributed by atoms with Crippen molar-refractivity contribution in [1.29, 1.82) is 0 Å². The van der Waals surface area contributed by atoms with E-state index in [1.54, 1.807) is 6.20 Å². The van der Waals surface area contributed by atoms with Gasteiger partial charge in [0.2, 0.25) is 0 Å². The van der Waals surface area contributed by atoms with Crippen molar-refractivity contribution in [2.75, 3.05) is 6.61 Å². The normalized spacial score (nSPS) is 30.6. The van der Waals surface area contributed by atoms with Gasteiger partial charge >= 0.3 is 6.18 Å². The van der Waals surface area contributed by atoms with Crippen molar-refractivity contribution in [1.82, 2.24) is 19.9 Å². The first-order chi connectivity index (χ1) is 16.1. The molecule has 5 nitrogen and oxygen atoms in total. The summed E-state index contributed by atoms with van der Waals surface area (Å²) in [6.45, 7) is 6.37. The van der Waals surface area contributed by atoms with Crippen molar-refractivity contribution in [3.8, 4) is 0 Å². The van der Waals surface area contributed by atoms with Crippen LogP contribution < -0.4 is 0 Å². The predicted octanol–water partition coefficient (Wildman–Crippen LogP) is 5.96. The fourth-order valence-electron chi connectivity index (χ4n) is 6.23. The highest BCUT2D eigenvalue weighted by atomic mass is 19.4. The van der Waals surface area contributed by atoms with Crippen LogP contribution in [0.5, 0.6) is 0 Å². The van der Waals surface area contributed by atoms with Crippen molar-refractivity contribution in [3.63, 3.8) is 0 Å². The third kappa shape index (κ3) is 3.17. The molecule has 0 unspecified atom stereocenters. The molecule has 1 aliphatic heterocycles. The molecule has 34 heavy (non-hydrogen) atoms. The van der Waals surface area contributed by atoms with E-state index in [0.717, 1.165) is 46.7 Å². The molecule has 0 spiro atoms. The summed E-state index contributed by atoms with van der Waals surface area (Å²) in [7, 11) is 0. The molecule has 3 aromatic heterocycles. The molecule has 2 atom stereocenters. The van der Waals surface area contributed by atoms with E-state index in [0.29, 0.717) is 17.8 Å². The molecule has 7 rings (SSSR count). The molecule has 4 heterocycles. The van der Waals surface area contributed by atoms with E-state index in [2.05, 4.69) is 4.98 Å². The molecule has 178 valence electrons. The zero-order valence-electron chi connectivity index (χ0n) is 19.5. The van der Waals surface area contributed by atoms with E-state index in [1.807, 2.05) is 39.0 Å². The van der Waals surface area contributed by atoms with Gasteiger partial charge in [0.1, 0.15) is 5.52 Å². The molecular weight excluding hydrogens is 441 g/mol. The van der Waals surface area contributed by atoms with Gasteiger partial charge in [0, 0.05) is 35.5 Å². The smallest absolute Gasteiger partial charge is 0.373 e. The Morgan fingerprint density at radius 2 is 1.74 bits per heavy atom. The second kappa shape index (κ2) is 7.20. The van der Waals surface area contributed by atoms with Crippen molar-refractivity contribution >= 4 is 11.0 Å². The lowest BCUT2D eigenvalue weighted by atomic mass is 9.34. The van der Waals surface area contributed by atoms with Crippen LogP contribution >= 0.6 is 0 Å². The minimum absolute atomic E-state index is 0.0596. The highest BCUT2D eigenvalue weighted by Crippen LogP contribution is 2.78. The Labute approximate surface area is 196 Å². The Bertz CT molecular complexity index is 1290. The van der Waals surface area contributed by atoms with Crippen LogP contribution in [0.1, 0.15) is 78.2 Å². The molecule has 4 aliphatic rings. The van der Waals surface area contributed by atoms with Crippen LogP contribution in [0.2, 0.25) is 0 Å². The maximum Gasteiger partial charge on any atom is 0.394 e. The van der Waals surface area contributed by atoms with Crippen LogP contribution in [-0.4, -0.2) is 32.7 Å². The molecule has 0 amide bonds. The molecule has 0 aromatic carbocycles.